The number of rotatable bonds is 4. The molecule has 3 saturated heterocycles. The van der Waals surface area contributed by atoms with Gasteiger partial charge < -0.3 is 14.5 Å². The van der Waals surface area contributed by atoms with Gasteiger partial charge in [-0.25, -0.2) is 0 Å². The van der Waals surface area contributed by atoms with Gasteiger partial charge in [-0.15, -0.1) is 0 Å². The lowest BCUT2D eigenvalue weighted by Gasteiger charge is -2.30. The van der Waals surface area contributed by atoms with Crippen molar-refractivity contribution in [2.24, 2.45) is 11.8 Å². The predicted octanol–water partition coefficient (Wildman–Crippen LogP) is 2.82. The number of halogens is 3. The number of nitrogens with zero attached hydrogens (tertiary/aromatic N) is 2. The maximum absolute atomic E-state index is 12.9. The fourth-order valence-electron chi connectivity index (χ4n) is 5.19. The third kappa shape index (κ3) is 3.36. The number of likely N-dealkylation sites (tertiary alicyclic amines) is 1. The normalized spacial score (nSPS) is 32.4. The van der Waals surface area contributed by atoms with Gasteiger partial charge in [0.25, 0.3) is 0 Å². The Morgan fingerprint density at radius 3 is 2.85 bits per heavy atom. The molecular weight excluding hydrogens is 357 g/mol. The lowest BCUT2D eigenvalue weighted by Crippen LogP contribution is -2.40. The molecule has 4 nitrogen and oxygen atoms in total. The highest BCUT2D eigenvalue weighted by molar-refractivity contribution is 5.79. The van der Waals surface area contributed by atoms with E-state index in [1.54, 1.807) is 11.0 Å². The minimum Gasteiger partial charge on any atom is -0.369 e. The van der Waals surface area contributed by atoms with Crippen LogP contribution in [0.1, 0.15) is 24.0 Å². The van der Waals surface area contributed by atoms with E-state index in [4.69, 9.17) is 4.74 Å². The second-order valence-corrected chi connectivity index (χ2v) is 8.44. The minimum atomic E-state index is -4.39. The van der Waals surface area contributed by atoms with E-state index in [9.17, 15) is 18.0 Å². The third-order valence-corrected chi connectivity index (χ3v) is 6.32. The van der Waals surface area contributed by atoms with Gasteiger partial charge in [0.1, 0.15) is 0 Å². The molecule has 148 valence electrons. The van der Waals surface area contributed by atoms with E-state index in [0.29, 0.717) is 30.5 Å². The fourth-order valence-corrected chi connectivity index (χ4v) is 5.19. The van der Waals surface area contributed by atoms with Crippen LogP contribution in [-0.2, 0) is 22.1 Å². The number of carbonyl (C=O) groups is 1. The topological polar surface area (TPSA) is 32.8 Å². The first kappa shape index (κ1) is 18.7. The number of ether oxygens (including phenoxy) is 1. The Labute approximate surface area is 157 Å². The molecule has 0 unspecified atom stereocenters. The van der Waals surface area contributed by atoms with Gasteiger partial charge in [0.05, 0.1) is 30.2 Å². The summed E-state index contributed by atoms with van der Waals surface area (Å²) in [6.45, 7) is 2.15. The van der Waals surface area contributed by atoms with Crippen LogP contribution in [-0.4, -0.2) is 61.1 Å². The highest BCUT2D eigenvalue weighted by Gasteiger charge is 2.63. The van der Waals surface area contributed by atoms with E-state index in [2.05, 4.69) is 4.90 Å². The number of benzene rings is 1. The Balaban J connectivity index is 1.46. The maximum Gasteiger partial charge on any atom is 0.416 e. The van der Waals surface area contributed by atoms with Crippen molar-refractivity contribution in [2.75, 3.05) is 33.7 Å². The number of amides is 1. The summed E-state index contributed by atoms with van der Waals surface area (Å²) in [4.78, 5) is 16.7. The monoisotopic (exact) mass is 382 g/mol. The molecule has 2 bridgehead atoms. The quantitative estimate of drug-likeness (QED) is 0.803. The molecule has 27 heavy (non-hydrogen) atoms. The van der Waals surface area contributed by atoms with E-state index in [0.717, 1.165) is 31.5 Å². The van der Waals surface area contributed by atoms with E-state index in [-0.39, 0.29) is 24.0 Å². The first-order valence-electron chi connectivity index (χ1n) is 9.44. The van der Waals surface area contributed by atoms with Gasteiger partial charge in [0.2, 0.25) is 5.91 Å². The first-order chi connectivity index (χ1) is 12.7. The molecule has 4 rings (SSSR count). The van der Waals surface area contributed by atoms with Crippen molar-refractivity contribution in [3.63, 3.8) is 0 Å². The zero-order chi connectivity index (χ0) is 19.4. The zero-order valence-corrected chi connectivity index (χ0v) is 15.6. The Morgan fingerprint density at radius 1 is 1.37 bits per heavy atom. The maximum atomic E-state index is 12.9. The standard InChI is InChI=1S/C20H25F3N2O2/c1-24(2)10-15-16-11-25(12-19(16)7-6-17(15)27-19)18(26)9-13-4-3-5-14(8-13)20(21,22)23/h3-5,8,15-17H,6-7,9-12H2,1-2H3/t15-,16+,17+,19+/m1/s1. The summed E-state index contributed by atoms with van der Waals surface area (Å²) in [6.07, 6.45) is -2.12. The molecule has 1 aromatic carbocycles. The molecule has 3 fully saturated rings. The smallest absolute Gasteiger partial charge is 0.369 e. The van der Waals surface area contributed by atoms with Crippen molar-refractivity contribution in [1.29, 1.82) is 0 Å². The van der Waals surface area contributed by atoms with Crippen LogP contribution < -0.4 is 0 Å². The molecule has 1 aromatic rings. The molecule has 0 saturated carbocycles. The fraction of sp³-hybridized carbons (Fsp3) is 0.650. The molecule has 3 aliphatic rings. The van der Waals surface area contributed by atoms with Crippen LogP contribution >= 0.6 is 0 Å². The average Bonchev–Trinajstić information content (AvgIpc) is 3.23. The van der Waals surface area contributed by atoms with E-state index >= 15 is 0 Å². The van der Waals surface area contributed by atoms with Crippen molar-refractivity contribution in [3.8, 4) is 0 Å². The molecule has 1 amide bonds. The van der Waals surface area contributed by atoms with E-state index < -0.39 is 11.7 Å². The van der Waals surface area contributed by atoms with Gasteiger partial charge in [0.15, 0.2) is 0 Å². The minimum absolute atomic E-state index is 0.00546. The number of fused-ring (bicyclic) bond motifs is 1. The summed E-state index contributed by atoms with van der Waals surface area (Å²) in [5, 5.41) is 0. The second-order valence-electron chi connectivity index (χ2n) is 8.44. The summed E-state index contributed by atoms with van der Waals surface area (Å²) in [7, 11) is 4.09. The highest BCUT2D eigenvalue weighted by atomic mass is 19.4. The highest BCUT2D eigenvalue weighted by Crippen LogP contribution is 2.55. The third-order valence-electron chi connectivity index (χ3n) is 6.32. The lowest BCUT2D eigenvalue weighted by atomic mass is 9.73. The number of carbonyl (C=O) groups excluding carboxylic acids is 1. The number of hydrogen-bond acceptors (Lipinski definition) is 3. The first-order valence-corrected chi connectivity index (χ1v) is 9.44. The van der Waals surface area contributed by atoms with Gasteiger partial charge in [0, 0.05) is 24.9 Å². The van der Waals surface area contributed by atoms with Gasteiger partial charge in [-0.2, -0.15) is 13.2 Å². The molecule has 7 heteroatoms. The van der Waals surface area contributed by atoms with E-state index in [1.165, 1.54) is 6.07 Å². The van der Waals surface area contributed by atoms with Crippen LogP contribution in [0, 0.1) is 11.8 Å². The predicted molar refractivity (Wildman–Crippen MR) is 94.1 cm³/mol. The molecule has 0 radical (unpaired) electrons. The van der Waals surface area contributed by atoms with Crippen molar-refractivity contribution in [2.45, 2.75) is 37.1 Å². The number of hydrogen-bond donors (Lipinski definition) is 0. The molecule has 3 aliphatic heterocycles. The van der Waals surface area contributed by atoms with Crippen LogP contribution in [0.15, 0.2) is 24.3 Å². The van der Waals surface area contributed by atoms with Crippen LogP contribution in [0.5, 0.6) is 0 Å². The zero-order valence-electron chi connectivity index (χ0n) is 15.6. The van der Waals surface area contributed by atoms with Crippen LogP contribution in [0.3, 0.4) is 0 Å². The van der Waals surface area contributed by atoms with Crippen LogP contribution in [0.25, 0.3) is 0 Å². The molecule has 1 spiro atoms. The summed E-state index contributed by atoms with van der Waals surface area (Å²) in [6, 6.07) is 5.05. The van der Waals surface area contributed by atoms with Gasteiger partial charge in [-0.3, -0.25) is 4.79 Å². The van der Waals surface area contributed by atoms with Crippen LogP contribution in [0.4, 0.5) is 13.2 Å². The Kier molecular flexibility index (Phi) is 4.50. The summed E-state index contributed by atoms with van der Waals surface area (Å²) < 4.78 is 45.0. The van der Waals surface area contributed by atoms with Gasteiger partial charge >= 0.3 is 6.18 Å². The average molecular weight is 382 g/mol. The summed E-state index contributed by atoms with van der Waals surface area (Å²) >= 11 is 0. The van der Waals surface area contributed by atoms with Crippen molar-refractivity contribution in [3.05, 3.63) is 35.4 Å². The SMILES string of the molecule is CN(C)C[C@H]1[C@@H]2CC[C@@]3(CN(C(=O)Cc4cccc(C(F)(F)F)c4)C[C@@H]13)O2. The Morgan fingerprint density at radius 2 is 2.15 bits per heavy atom. The largest absolute Gasteiger partial charge is 0.416 e. The summed E-state index contributed by atoms with van der Waals surface area (Å²) in [5.74, 6) is 0.623. The van der Waals surface area contributed by atoms with Crippen molar-refractivity contribution >= 4 is 5.91 Å². The van der Waals surface area contributed by atoms with Crippen molar-refractivity contribution < 1.29 is 22.7 Å². The van der Waals surface area contributed by atoms with Crippen molar-refractivity contribution in [1.82, 2.24) is 9.80 Å². The van der Waals surface area contributed by atoms with Crippen LogP contribution in [0.2, 0.25) is 0 Å². The molecule has 4 atom stereocenters. The number of alkyl halides is 3. The molecule has 0 aliphatic carbocycles. The van der Waals surface area contributed by atoms with E-state index in [1.807, 2.05) is 14.1 Å². The Bertz CT molecular complexity index is 736. The molecule has 3 heterocycles. The molecular formula is C20H25F3N2O2. The molecule has 0 aromatic heterocycles. The second kappa shape index (κ2) is 6.48. The van der Waals surface area contributed by atoms with Gasteiger partial charge in [-0.1, -0.05) is 18.2 Å². The molecule has 0 N–H and O–H groups in total. The lowest BCUT2D eigenvalue weighted by molar-refractivity contribution is -0.138. The Hall–Kier alpha value is -1.60. The summed E-state index contributed by atoms with van der Waals surface area (Å²) in [5.41, 5.74) is -0.549. The van der Waals surface area contributed by atoms with Gasteiger partial charge in [-0.05, 0) is 38.6 Å².